The number of nitrogens with zero attached hydrogens (tertiary/aromatic N) is 1. The lowest BCUT2D eigenvalue weighted by molar-refractivity contribution is -0.138. The quantitative estimate of drug-likeness (QED) is 0.412. The van der Waals surface area contributed by atoms with E-state index in [4.69, 9.17) is 5.11 Å². The van der Waals surface area contributed by atoms with Gasteiger partial charge in [0, 0.05) is 28.7 Å². The molecule has 6 nitrogen and oxygen atoms in total. The summed E-state index contributed by atoms with van der Waals surface area (Å²) in [6.45, 7) is 2.03. The summed E-state index contributed by atoms with van der Waals surface area (Å²) in [4.78, 5) is 21.0. The van der Waals surface area contributed by atoms with Crippen LogP contribution in [0.1, 0.15) is 30.9 Å². The normalized spacial score (nSPS) is 14.7. The third kappa shape index (κ3) is 5.50. The van der Waals surface area contributed by atoms with Gasteiger partial charge in [-0.1, -0.05) is 31.5 Å². The molecule has 0 radical (unpaired) electrons. The third-order valence-corrected chi connectivity index (χ3v) is 6.50. The second-order valence-electron chi connectivity index (χ2n) is 7.46. The first-order chi connectivity index (χ1) is 14.7. The van der Waals surface area contributed by atoms with E-state index in [0.29, 0.717) is 23.2 Å². The lowest BCUT2D eigenvalue weighted by Crippen LogP contribution is -2.16. The number of carboxylic acids is 1. The highest BCUT2D eigenvalue weighted by Crippen LogP contribution is 2.45. The average molecular weight is 445 g/mol. The molecule has 1 aromatic carbocycles. The fraction of sp³-hybridized carbons (Fsp3) is 0.261. The summed E-state index contributed by atoms with van der Waals surface area (Å²) in [5, 5.41) is 18.5. The zero-order valence-corrected chi connectivity index (χ0v) is 18.0. The Bertz CT molecular complexity index is 1170. The van der Waals surface area contributed by atoms with Crippen LogP contribution in [-0.2, 0) is 15.8 Å². The Labute approximate surface area is 179 Å². The van der Waals surface area contributed by atoms with Gasteiger partial charge in [-0.15, -0.1) is 0 Å². The molecule has 2 aromatic heterocycles. The summed E-state index contributed by atoms with van der Waals surface area (Å²) >= 11 is 0. The monoisotopic (exact) mass is 445 g/mol. The zero-order chi connectivity index (χ0) is 22.6. The minimum absolute atomic E-state index is 0.389. The van der Waals surface area contributed by atoms with E-state index < -0.39 is 32.0 Å². The van der Waals surface area contributed by atoms with Gasteiger partial charge in [-0.2, -0.15) is 0 Å². The molecular weight excluding hydrogens is 420 g/mol. The van der Waals surface area contributed by atoms with Crippen LogP contribution in [0.3, 0.4) is 0 Å². The molecule has 2 unspecified atom stereocenters. The number of aryl methyl sites for hydroxylation is 1. The van der Waals surface area contributed by atoms with E-state index in [0.717, 1.165) is 23.3 Å². The van der Waals surface area contributed by atoms with Crippen LogP contribution in [0.15, 0.2) is 54.5 Å². The number of pyridine rings is 1. The van der Waals surface area contributed by atoms with Crippen LogP contribution in [0.25, 0.3) is 22.9 Å². The maximum Gasteiger partial charge on any atom is 0.305 e. The summed E-state index contributed by atoms with van der Waals surface area (Å²) < 4.78 is 28.5. The molecule has 164 valence electrons. The van der Waals surface area contributed by atoms with Crippen molar-refractivity contribution in [3.05, 3.63) is 71.4 Å². The lowest BCUT2D eigenvalue weighted by atomic mass is 10.0. The number of aliphatic hydroxyl groups excluding tert-OH is 1. The number of carbonyl (C=O) groups is 1. The fourth-order valence-corrected chi connectivity index (χ4v) is 4.97. The molecule has 8 heteroatoms. The predicted octanol–water partition coefficient (Wildman–Crippen LogP) is 4.77. The second-order valence-corrected chi connectivity index (χ2v) is 9.64. The predicted molar refractivity (Wildman–Crippen MR) is 119 cm³/mol. The minimum atomic E-state index is -3.95. The number of aromatic nitrogens is 1. The molecule has 0 aliphatic rings. The number of rotatable bonds is 9. The molecule has 2 atom stereocenters. The van der Waals surface area contributed by atoms with E-state index in [-0.39, 0.29) is 5.82 Å². The summed E-state index contributed by atoms with van der Waals surface area (Å²) in [7, 11) is -3.95. The van der Waals surface area contributed by atoms with E-state index in [1.807, 2.05) is 35.7 Å². The highest BCUT2D eigenvalue weighted by atomic mass is 31.2. The summed E-state index contributed by atoms with van der Waals surface area (Å²) in [6, 6.07) is 11.9. The van der Waals surface area contributed by atoms with Gasteiger partial charge in [0.2, 0.25) is 7.37 Å². The van der Waals surface area contributed by atoms with Gasteiger partial charge in [0.25, 0.3) is 0 Å². The number of fused-ring (bicyclic) bond motifs is 1. The Morgan fingerprint density at radius 2 is 2.03 bits per heavy atom. The molecule has 2 heterocycles. The van der Waals surface area contributed by atoms with Crippen molar-refractivity contribution in [2.75, 3.05) is 6.16 Å². The van der Waals surface area contributed by atoms with Gasteiger partial charge in [0.1, 0.15) is 5.82 Å². The highest BCUT2D eigenvalue weighted by Gasteiger charge is 2.23. The van der Waals surface area contributed by atoms with Crippen LogP contribution in [0.5, 0.6) is 0 Å². The summed E-state index contributed by atoms with van der Waals surface area (Å²) in [5.74, 6) is -0.497. The molecule has 0 fully saturated rings. The van der Waals surface area contributed by atoms with Gasteiger partial charge in [0.05, 0.1) is 24.4 Å². The third-order valence-electron chi connectivity index (χ3n) is 4.94. The smallest absolute Gasteiger partial charge is 0.305 e. The van der Waals surface area contributed by atoms with Crippen molar-refractivity contribution in [3.63, 3.8) is 0 Å². The van der Waals surface area contributed by atoms with Crippen molar-refractivity contribution in [1.82, 2.24) is 4.40 Å². The van der Waals surface area contributed by atoms with Crippen LogP contribution >= 0.6 is 7.37 Å². The van der Waals surface area contributed by atoms with Gasteiger partial charge in [-0.3, -0.25) is 9.36 Å². The SMILES string of the molecule is CCCc1c(/C=C\P(=O)(O)CC(O)CC(=O)O)c(-c2cccc(F)c2)n2ccccc12. The van der Waals surface area contributed by atoms with Crippen LogP contribution in [0, 0.1) is 5.82 Å². The van der Waals surface area contributed by atoms with Crippen molar-refractivity contribution in [3.8, 4) is 11.3 Å². The fourth-order valence-electron chi connectivity index (χ4n) is 3.74. The largest absolute Gasteiger partial charge is 0.481 e. The Morgan fingerprint density at radius 3 is 2.71 bits per heavy atom. The molecule has 0 spiro atoms. The van der Waals surface area contributed by atoms with Crippen molar-refractivity contribution >= 4 is 24.9 Å². The maximum absolute atomic E-state index is 14.0. The Morgan fingerprint density at radius 1 is 1.26 bits per heavy atom. The number of hydrogen-bond donors (Lipinski definition) is 3. The molecule has 3 N–H and O–H groups in total. The van der Waals surface area contributed by atoms with Gasteiger partial charge in [-0.25, -0.2) is 4.39 Å². The molecule has 0 aliphatic heterocycles. The van der Waals surface area contributed by atoms with Crippen molar-refractivity contribution in [2.45, 2.75) is 32.3 Å². The van der Waals surface area contributed by atoms with E-state index in [1.54, 1.807) is 12.1 Å². The first-order valence-electron chi connectivity index (χ1n) is 10.0. The number of halogens is 1. The zero-order valence-electron chi connectivity index (χ0n) is 17.1. The number of hydrogen-bond acceptors (Lipinski definition) is 3. The minimum Gasteiger partial charge on any atom is -0.481 e. The van der Waals surface area contributed by atoms with Gasteiger partial charge in [0.15, 0.2) is 0 Å². The number of aliphatic hydroxyl groups is 1. The van der Waals surface area contributed by atoms with Gasteiger partial charge < -0.3 is 19.5 Å². The van der Waals surface area contributed by atoms with E-state index >= 15 is 0 Å². The Kier molecular flexibility index (Phi) is 7.11. The highest BCUT2D eigenvalue weighted by molar-refractivity contribution is 7.61. The molecule has 3 aromatic rings. The molecular formula is C23H25FNO5P. The molecule has 0 saturated carbocycles. The second kappa shape index (κ2) is 9.60. The van der Waals surface area contributed by atoms with Crippen LogP contribution in [-0.4, -0.2) is 37.7 Å². The topological polar surface area (TPSA) is 99.2 Å². The first-order valence-corrected chi connectivity index (χ1v) is 11.9. The summed E-state index contributed by atoms with van der Waals surface area (Å²) in [6.07, 6.45) is 2.36. The molecule has 31 heavy (non-hydrogen) atoms. The molecule has 0 amide bonds. The van der Waals surface area contributed by atoms with Crippen molar-refractivity contribution in [1.29, 1.82) is 0 Å². The van der Waals surface area contributed by atoms with Gasteiger partial charge >= 0.3 is 5.97 Å². The molecule has 3 rings (SSSR count). The van der Waals surface area contributed by atoms with Crippen molar-refractivity contribution < 1.29 is 28.9 Å². The van der Waals surface area contributed by atoms with Crippen molar-refractivity contribution in [2.24, 2.45) is 0 Å². The number of benzene rings is 1. The maximum atomic E-state index is 14.0. The van der Waals surface area contributed by atoms with Gasteiger partial charge in [-0.05, 0) is 42.3 Å². The van der Waals surface area contributed by atoms with Crippen LogP contribution < -0.4 is 0 Å². The average Bonchev–Trinajstić information content (AvgIpc) is 2.99. The van der Waals surface area contributed by atoms with Crippen LogP contribution in [0.2, 0.25) is 0 Å². The first kappa shape index (κ1) is 22.9. The van der Waals surface area contributed by atoms with E-state index in [1.165, 1.54) is 18.2 Å². The summed E-state index contributed by atoms with van der Waals surface area (Å²) in [5.41, 5.74) is 3.90. The molecule has 0 aliphatic carbocycles. The standard InChI is InChI=1S/C23H25FNO5P/c1-2-6-19-20(10-12-31(29,30)15-18(26)14-22(27)28)23(16-7-5-8-17(24)13-16)25-11-4-3-9-21(19)25/h3-5,7-13,18,26H,2,6,14-15H2,1H3,(H,27,28)(H,29,30)/b12-10-. The molecule has 0 bridgehead atoms. The lowest BCUT2D eigenvalue weighted by Gasteiger charge is -2.12. The number of carboxylic acid groups (broad SMARTS) is 1. The molecule has 0 saturated heterocycles. The van der Waals surface area contributed by atoms with E-state index in [2.05, 4.69) is 0 Å². The van der Waals surface area contributed by atoms with Crippen LogP contribution in [0.4, 0.5) is 4.39 Å². The Balaban J connectivity index is 2.13. The Hall–Kier alpha value is -2.73. The number of aliphatic carboxylic acids is 1. The van der Waals surface area contributed by atoms with E-state index in [9.17, 15) is 23.7 Å².